The van der Waals surface area contributed by atoms with Crippen LogP contribution in [0.5, 0.6) is 0 Å². The van der Waals surface area contributed by atoms with Gasteiger partial charge < -0.3 is 11.1 Å². The van der Waals surface area contributed by atoms with E-state index in [2.05, 4.69) is 22.2 Å². The molecular weight excluding hydrogens is 220 g/mol. The van der Waals surface area contributed by atoms with Gasteiger partial charge in [0.15, 0.2) is 0 Å². The number of nitrogens with one attached hydrogen (secondary N) is 1. The minimum Gasteiger partial charge on any atom is -0.383 e. The summed E-state index contributed by atoms with van der Waals surface area (Å²) in [5.41, 5.74) is 6.88. The van der Waals surface area contributed by atoms with E-state index < -0.39 is 0 Å². The molecule has 2 heterocycles. The van der Waals surface area contributed by atoms with E-state index in [4.69, 9.17) is 5.73 Å². The van der Waals surface area contributed by atoms with Gasteiger partial charge in [-0.1, -0.05) is 6.92 Å². The monoisotopic (exact) mass is 238 g/mol. The van der Waals surface area contributed by atoms with Crippen molar-refractivity contribution in [1.29, 1.82) is 0 Å². The van der Waals surface area contributed by atoms with Crippen molar-refractivity contribution in [3.63, 3.8) is 0 Å². The molecule has 16 heavy (non-hydrogen) atoms. The van der Waals surface area contributed by atoms with Crippen molar-refractivity contribution in [3.05, 3.63) is 11.9 Å². The van der Waals surface area contributed by atoms with Gasteiger partial charge in [-0.2, -0.15) is 11.8 Å². The maximum Gasteiger partial charge on any atom is 0.134 e. The molecule has 3 N–H and O–H groups in total. The lowest BCUT2D eigenvalue weighted by molar-refractivity contribution is 0.681. The van der Waals surface area contributed by atoms with E-state index in [0.29, 0.717) is 11.9 Å². The molecule has 1 aromatic heterocycles. The summed E-state index contributed by atoms with van der Waals surface area (Å²) >= 11 is 2.00. The highest BCUT2D eigenvalue weighted by atomic mass is 32.2. The number of nitrogen functional groups attached to an aromatic ring is 1. The van der Waals surface area contributed by atoms with Crippen molar-refractivity contribution in [2.75, 3.05) is 22.6 Å². The largest absolute Gasteiger partial charge is 0.383 e. The minimum absolute atomic E-state index is 0.526. The van der Waals surface area contributed by atoms with Crippen LogP contribution in [0.3, 0.4) is 0 Å². The van der Waals surface area contributed by atoms with Crippen LogP contribution in [-0.4, -0.2) is 27.5 Å². The molecular formula is C11H18N4S. The molecule has 0 saturated carbocycles. The molecule has 0 amide bonds. The first-order valence-electron chi connectivity index (χ1n) is 5.75. The van der Waals surface area contributed by atoms with Crippen LogP contribution in [0.25, 0.3) is 0 Å². The maximum absolute atomic E-state index is 5.84. The fourth-order valence-corrected chi connectivity index (χ4v) is 3.02. The van der Waals surface area contributed by atoms with Crippen molar-refractivity contribution < 1.29 is 0 Å². The molecule has 2 rings (SSSR count). The van der Waals surface area contributed by atoms with Gasteiger partial charge in [0.1, 0.15) is 18.0 Å². The molecule has 1 atom stereocenters. The van der Waals surface area contributed by atoms with Crippen molar-refractivity contribution in [1.82, 2.24) is 9.97 Å². The molecule has 1 aliphatic heterocycles. The second-order valence-electron chi connectivity index (χ2n) is 4.00. The summed E-state index contributed by atoms with van der Waals surface area (Å²) in [6.45, 7) is 2.08. The molecule has 0 spiro atoms. The van der Waals surface area contributed by atoms with Crippen LogP contribution in [-0.2, 0) is 6.42 Å². The topological polar surface area (TPSA) is 63.8 Å². The highest BCUT2D eigenvalue weighted by Crippen LogP contribution is 2.23. The molecule has 88 valence electrons. The molecule has 1 fully saturated rings. The van der Waals surface area contributed by atoms with Gasteiger partial charge in [0.2, 0.25) is 0 Å². The Kier molecular flexibility index (Phi) is 3.88. The zero-order valence-corrected chi connectivity index (χ0v) is 10.4. The summed E-state index contributed by atoms with van der Waals surface area (Å²) in [6.07, 6.45) is 4.91. The Morgan fingerprint density at radius 3 is 3.12 bits per heavy atom. The van der Waals surface area contributed by atoms with Gasteiger partial charge in [0.05, 0.1) is 0 Å². The predicted molar refractivity (Wildman–Crippen MR) is 69.8 cm³/mol. The van der Waals surface area contributed by atoms with Crippen LogP contribution in [0.1, 0.15) is 25.3 Å². The number of nitrogens with two attached hydrogens (primary N) is 1. The summed E-state index contributed by atoms with van der Waals surface area (Å²) in [5, 5.41) is 3.49. The average molecular weight is 238 g/mol. The van der Waals surface area contributed by atoms with E-state index in [0.717, 1.165) is 23.6 Å². The first kappa shape index (κ1) is 11.5. The molecule has 5 heteroatoms. The number of anilines is 2. The molecule has 1 aromatic rings. The third-order valence-corrected chi connectivity index (χ3v) is 4.05. The summed E-state index contributed by atoms with van der Waals surface area (Å²) < 4.78 is 0. The quantitative estimate of drug-likeness (QED) is 0.842. The van der Waals surface area contributed by atoms with E-state index in [9.17, 15) is 0 Å². The molecule has 1 aliphatic rings. The summed E-state index contributed by atoms with van der Waals surface area (Å²) in [7, 11) is 0. The number of nitrogens with zero attached hydrogens (tertiary/aromatic N) is 2. The van der Waals surface area contributed by atoms with Crippen LogP contribution in [0.4, 0.5) is 11.6 Å². The lowest BCUT2D eigenvalue weighted by Gasteiger charge is -2.24. The molecule has 1 saturated heterocycles. The summed E-state index contributed by atoms with van der Waals surface area (Å²) in [6, 6.07) is 0.526. The zero-order chi connectivity index (χ0) is 11.4. The Morgan fingerprint density at radius 1 is 1.56 bits per heavy atom. The molecule has 0 bridgehead atoms. The van der Waals surface area contributed by atoms with Crippen LogP contribution < -0.4 is 11.1 Å². The van der Waals surface area contributed by atoms with Gasteiger partial charge in [0.25, 0.3) is 0 Å². The molecule has 1 unspecified atom stereocenters. The van der Waals surface area contributed by atoms with Gasteiger partial charge >= 0.3 is 0 Å². The fourth-order valence-electron chi connectivity index (χ4n) is 1.95. The summed E-state index contributed by atoms with van der Waals surface area (Å²) in [5.74, 6) is 3.96. The Bertz CT molecular complexity index is 350. The first-order chi connectivity index (χ1) is 7.81. The second kappa shape index (κ2) is 5.39. The van der Waals surface area contributed by atoms with Crippen molar-refractivity contribution in [2.45, 2.75) is 32.2 Å². The van der Waals surface area contributed by atoms with E-state index >= 15 is 0 Å². The number of hydrogen-bond donors (Lipinski definition) is 2. The molecule has 0 aromatic carbocycles. The third-order valence-electron chi connectivity index (χ3n) is 2.83. The van der Waals surface area contributed by atoms with E-state index in [1.165, 1.54) is 24.9 Å². The number of aromatic nitrogens is 2. The Labute approximate surface area is 100 Å². The number of rotatable bonds is 3. The van der Waals surface area contributed by atoms with Gasteiger partial charge in [-0.05, 0) is 25.0 Å². The minimum atomic E-state index is 0.526. The van der Waals surface area contributed by atoms with Gasteiger partial charge in [-0.15, -0.1) is 0 Å². The standard InChI is InChI=1S/C11H18N4S/c1-2-9-10(12)13-7-14-11(9)15-8-4-3-5-16-6-8/h7-8H,2-6H2,1H3,(H3,12,13,14,15). The van der Waals surface area contributed by atoms with Crippen LogP contribution >= 0.6 is 11.8 Å². The summed E-state index contributed by atoms with van der Waals surface area (Å²) in [4.78, 5) is 8.32. The lowest BCUT2D eigenvalue weighted by atomic mass is 10.1. The number of thioether (sulfide) groups is 1. The van der Waals surface area contributed by atoms with Crippen molar-refractivity contribution in [2.24, 2.45) is 0 Å². The normalized spacial score (nSPS) is 20.7. The fraction of sp³-hybridized carbons (Fsp3) is 0.636. The van der Waals surface area contributed by atoms with Crippen LogP contribution in [0.2, 0.25) is 0 Å². The predicted octanol–water partition coefficient (Wildman–Crippen LogP) is 1.93. The second-order valence-corrected chi connectivity index (χ2v) is 5.15. The SMILES string of the molecule is CCc1c(N)ncnc1NC1CCCSC1. The first-order valence-corrected chi connectivity index (χ1v) is 6.90. The highest BCUT2D eigenvalue weighted by molar-refractivity contribution is 7.99. The van der Waals surface area contributed by atoms with E-state index in [1.807, 2.05) is 11.8 Å². The zero-order valence-electron chi connectivity index (χ0n) is 9.57. The molecule has 0 radical (unpaired) electrons. The Balaban J connectivity index is 2.10. The van der Waals surface area contributed by atoms with Crippen molar-refractivity contribution >= 4 is 23.4 Å². The van der Waals surface area contributed by atoms with Crippen LogP contribution in [0, 0.1) is 0 Å². The smallest absolute Gasteiger partial charge is 0.134 e. The molecule has 0 aliphatic carbocycles. The van der Waals surface area contributed by atoms with E-state index in [1.54, 1.807) is 0 Å². The lowest BCUT2D eigenvalue weighted by Crippen LogP contribution is -2.27. The van der Waals surface area contributed by atoms with Crippen LogP contribution in [0.15, 0.2) is 6.33 Å². The number of hydrogen-bond acceptors (Lipinski definition) is 5. The van der Waals surface area contributed by atoms with Gasteiger partial charge in [-0.3, -0.25) is 0 Å². The van der Waals surface area contributed by atoms with Gasteiger partial charge in [0, 0.05) is 17.4 Å². The Morgan fingerprint density at radius 2 is 2.44 bits per heavy atom. The van der Waals surface area contributed by atoms with Crippen molar-refractivity contribution in [3.8, 4) is 0 Å². The maximum atomic E-state index is 5.84. The molecule has 4 nitrogen and oxygen atoms in total. The Hall–Kier alpha value is -0.970. The highest BCUT2D eigenvalue weighted by Gasteiger charge is 2.16. The van der Waals surface area contributed by atoms with Gasteiger partial charge in [-0.25, -0.2) is 9.97 Å². The average Bonchev–Trinajstić information content (AvgIpc) is 2.31. The third kappa shape index (κ3) is 2.58. The van der Waals surface area contributed by atoms with E-state index in [-0.39, 0.29) is 0 Å².